The van der Waals surface area contributed by atoms with Crippen molar-refractivity contribution >= 4 is 119 Å². The molecule has 0 spiro atoms. The van der Waals surface area contributed by atoms with Crippen LogP contribution in [0.3, 0.4) is 0 Å². The minimum absolute atomic E-state index is 1.12. The van der Waals surface area contributed by atoms with E-state index in [9.17, 15) is 0 Å². The fraction of sp³-hybridized carbons (Fsp3) is 0. The first-order valence-electron chi connectivity index (χ1n) is 18.4. The maximum Gasteiger partial charge on any atom is 0.0640 e. The summed E-state index contributed by atoms with van der Waals surface area (Å²) in [6.45, 7) is 0. The molecule has 11 aromatic rings. The first kappa shape index (κ1) is 32.2. The summed E-state index contributed by atoms with van der Waals surface area (Å²) in [6.07, 6.45) is 0. The van der Waals surface area contributed by atoms with Crippen LogP contribution in [0.5, 0.6) is 0 Å². The van der Waals surface area contributed by atoms with Gasteiger partial charge in [-0.1, -0.05) is 91.0 Å². The van der Waals surface area contributed by atoms with Crippen LogP contribution in [-0.4, -0.2) is 0 Å². The van der Waals surface area contributed by atoms with Crippen molar-refractivity contribution in [3.8, 4) is 11.1 Å². The molecule has 0 amide bonds. The monoisotopic (exact) mass is 756 g/mol. The van der Waals surface area contributed by atoms with Gasteiger partial charge in [0.1, 0.15) is 0 Å². The van der Waals surface area contributed by atoms with Crippen molar-refractivity contribution in [3.63, 3.8) is 0 Å². The molecule has 8 aromatic carbocycles. The van der Waals surface area contributed by atoms with E-state index in [1.54, 1.807) is 11.3 Å². The first-order chi connectivity index (χ1) is 27.3. The smallest absolute Gasteiger partial charge is 0.0640 e. The van der Waals surface area contributed by atoms with Crippen LogP contribution in [-0.2, 0) is 0 Å². The largest absolute Gasteiger partial charge is 0.310 e. The lowest BCUT2D eigenvalue weighted by Gasteiger charge is -2.27. The Morgan fingerprint density at radius 2 is 0.818 bits per heavy atom. The van der Waals surface area contributed by atoms with Gasteiger partial charge in [0.15, 0.2) is 0 Å². The SMILES string of the molecule is c1ccc(N(c2ccc(-c3ccc(N(c4ccccc4)c4ccc5sc6ccccc6c5c4)c4sccc34)cc2)c2ccc3sc4ccccc4c3c2)cc1. The van der Waals surface area contributed by atoms with Gasteiger partial charge in [-0.3, -0.25) is 0 Å². The number of fused-ring (bicyclic) bond motifs is 7. The van der Waals surface area contributed by atoms with Gasteiger partial charge in [0.2, 0.25) is 0 Å². The van der Waals surface area contributed by atoms with Crippen LogP contribution >= 0.6 is 34.0 Å². The molecule has 0 radical (unpaired) electrons. The molecule has 0 aliphatic carbocycles. The van der Waals surface area contributed by atoms with Crippen LogP contribution in [0.2, 0.25) is 0 Å². The lowest BCUT2D eigenvalue weighted by molar-refractivity contribution is 1.29. The van der Waals surface area contributed by atoms with E-state index in [0.29, 0.717) is 0 Å². The second kappa shape index (κ2) is 13.3. The molecule has 3 aromatic heterocycles. The fourth-order valence-corrected chi connectivity index (χ4v) is 11.1. The van der Waals surface area contributed by atoms with Crippen molar-refractivity contribution in [3.05, 3.63) is 193 Å². The third-order valence-corrected chi connectivity index (χ3v) is 13.8. The normalized spacial score (nSPS) is 11.6. The molecule has 0 atom stereocenters. The average molecular weight is 757 g/mol. The van der Waals surface area contributed by atoms with Gasteiger partial charge in [0.25, 0.3) is 0 Å². The van der Waals surface area contributed by atoms with Crippen molar-refractivity contribution in [2.24, 2.45) is 0 Å². The molecule has 3 heterocycles. The number of rotatable bonds is 7. The van der Waals surface area contributed by atoms with E-state index in [2.05, 4.69) is 203 Å². The van der Waals surface area contributed by atoms with E-state index in [-0.39, 0.29) is 0 Å². The van der Waals surface area contributed by atoms with Crippen molar-refractivity contribution in [2.45, 2.75) is 0 Å². The number of hydrogen-bond donors (Lipinski definition) is 0. The van der Waals surface area contributed by atoms with Crippen molar-refractivity contribution in [1.29, 1.82) is 0 Å². The zero-order valence-electron chi connectivity index (χ0n) is 29.6. The van der Waals surface area contributed by atoms with Crippen LogP contribution in [0.4, 0.5) is 34.1 Å². The molecule has 0 unspecified atom stereocenters. The van der Waals surface area contributed by atoms with Gasteiger partial charge in [0, 0.05) is 74.2 Å². The van der Waals surface area contributed by atoms with Gasteiger partial charge in [-0.25, -0.2) is 0 Å². The standard InChI is InChI=1S/C50H32N2S3/c1-3-11-34(12-4-1)51(37-23-27-48-43(31-37)40-15-7-9-17-46(40)54-48)36-21-19-33(20-22-36)39-25-26-45(50-42(39)29-30-53-50)52(35-13-5-2-6-14-35)38-24-28-49-44(32-38)41-16-8-10-18-47(41)55-49/h1-32H. The second-order valence-corrected chi connectivity index (χ2v) is 16.8. The fourth-order valence-electron chi connectivity index (χ4n) is 8.00. The molecular formula is C50H32N2S3. The topological polar surface area (TPSA) is 6.48 Å². The minimum Gasteiger partial charge on any atom is -0.310 e. The molecule has 5 heteroatoms. The van der Waals surface area contributed by atoms with Crippen LogP contribution in [0.1, 0.15) is 0 Å². The minimum atomic E-state index is 1.12. The second-order valence-electron chi connectivity index (χ2n) is 13.7. The van der Waals surface area contributed by atoms with Crippen molar-refractivity contribution in [1.82, 2.24) is 0 Å². The Kier molecular flexibility index (Phi) is 7.76. The third-order valence-electron chi connectivity index (χ3n) is 10.5. The molecule has 0 bridgehead atoms. The third kappa shape index (κ3) is 5.51. The molecule has 0 fully saturated rings. The van der Waals surface area contributed by atoms with E-state index in [4.69, 9.17) is 0 Å². The molecule has 0 saturated heterocycles. The average Bonchev–Trinajstić information content (AvgIpc) is 3.98. The molecular weight excluding hydrogens is 725 g/mol. The molecule has 0 N–H and O–H groups in total. The van der Waals surface area contributed by atoms with Crippen molar-refractivity contribution in [2.75, 3.05) is 9.80 Å². The Hall–Kier alpha value is -6.24. The lowest BCUT2D eigenvalue weighted by atomic mass is 10.00. The van der Waals surface area contributed by atoms with Gasteiger partial charge < -0.3 is 9.80 Å². The van der Waals surface area contributed by atoms with E-state index >= 15 is 0 Å². The van der Waals surface area contributed by atoms with Crippen LogP contribution in [0.15, 0.2) is 193 Å². The highest BCUT2D eigenvalue weighted by Gasteiger charge is 2.20. The Morgan fingerprint density at radius 3 is 1.44 bits per heavy atom. The van der Waals surface area contributed by atoms with E-state index in [1.165, 1.54) is 67.2 Å². The van der Waals surface area contributed by atoms with Gasteiger partial charge in [-0.15, -0.1) is 34.0 Å². The summed E-state index contributed by atoms with van der Waals surface area (Å²) in [5.74, 6) is 0. The molecule has 0 aliphatic heterocycles. The molecule has 0 aliphatic rings. The maximum absolute atomic E-state index is 2.42. The predicted molar refractivity (Wildman–Crippen MR) is 242 cm³/mol. The van der Waals surface area contributed by atoms with E-state index < -0.39 is 0 Å². The van der Waals surface area contributed by atoms with Crippen LogP contribution in [0, 0.1) is 0 Å². The van der Waals surface area contributed by atoms with Crippen LogP contribution < -0.4 is 9.80 Å². The summed E-state index contributed by atoms with van der Waals surface area (Å²) >= 11 is 5.52. The molecule has 11 rings (SSSR count). The van der Waals surface area contributed by atoms with Gasteiger partial charge in [-0.05, 0) is 114 Å². The Balaban J connectivity index is 1.01. The van der Waals surface area contributed by atoms with E-state index in [0.717, 1.165) is 28.4 Å². The highest BCUT2D eigenvalue weighted by Crippen LogP contribution is 2.47. The molecule has 0 saturated carbocycles. The van der Waals surface area contributed by atoms with Gasteiger partial charge in [-0.2, -0.15) is 0 Å². The Morgan fingerprint density at radius 1 is 0.327 bits per heavy atom. The highest BCUT2D eigenvalue weighted by molar-refractivity contribution is 7.26. The lowest BCUT2D eigenvalue weighted by Crippen LogP contribution is -2.10. The molecule has 55 heavy (non-hydrogen) atoms. The molecule has 260 valence electrons. The quantitative estimate of drug-likeness (QED) is 0.160. The predicted octanol–water partition coefficient (Wildman–Crippen LogP) is 16.2. The Bertz CT molecular complexity index is 3160. The number of thiophene rings is 3. The first-order valence-corrected chi connectivity index (χ1v) is 20.9. The number of para-hydroxylation sites is 2. The summed E-state index contributed by atoms with van der Waals surface area (Å²) in [4.78, 5) is 4.78. The summed E-state index contributed by atoms with van der Waals surface area (Å²) in [7, 11) is 0. The van der Waals surface area contributed by atoms with Crippen molar-refractivity contribution < 1.29 is 0 Å². The van der Waals surface area contributed by atoms with Gasteiger partial charge in [0.05, 0.1) is 10.4 Å². The summed E-state index contributed by atoms with van der Waals surface area (Å²) < 4.78 is 6.52. The highest BCUT2D eigenvalue weighted by atomic mass is 32.1. The number of benzene rings is 8. The van der Waals surface area contributed by atoms with Crippen LogP contribution in [0.25, 0.3) is 61.6 Å². The van der Waals surface area contributed by atoms with E-state index in [1.807, 2.05) is 22.7 Å². The zero-order chi connectivity index (χ0) is 36.3. The van der Waals surface area contributed by atoms with Gasteiger partial charge >= 0.3 is 0 Å². The Labute approximate surface area is 331 Å². The molecule has 2 nitrogen and oxygen atoms in total. The summed E-state index contributed by atoms with van der Waals surface area (Å²) in [6, 6.07) is 68.7. The number of nitrogens with zero attached hydrogens (tertiary/aromatic N) is 2. The summed E-state index contributed by atoms with van der Waals surface area (Å²) in [5.41, 5.74) is 9.31. The number of anilines is 6. The zero-order valence-corrected chi connectivity index (χ0v) is 32.0. The number of hydrogen-bond acceptors (Lipinski definition) is 5. The maximum atomic E-state index is 2.42. The summed E-state index contributed by atoms with van der Waals surface area (Å²) in [5, 5.41) is 8.70.